The second-order valence-electron chi connectivity index (χ2n) is 6.17. The summed E-state index contributed by atoms with van der Waals surface area (Å²) in [5, 5.41) is 0. The van der Waals surface area contributed by atoms with Crippen molar-refractivity contribution in [1.82, 2.24) is 4.90 Å². The van der Waals surface area contributed by atoms with Crippen molar-refractivity contribution in [3.63, 3.8) is 0 Å². The molecule has 4 nitrogen and oxygen atoms in total. The van der Waals surface area contributed by atoms with Gasteiger partial charge in [-0.2, -0.15) is 0 Å². The average Bonchev–Trinajstić information content (AvgIpc) is 2.54. The highest BCUT2D eigenvalue weighted by atomic mass is 16.2. The number of benzene rings is 1. The van der Waals surface area contributed by atoms with E-state index >= 15 is 0 Å². The number of aryl methyl sites for hydroxylation is 1. The molecular weight excluding hydrogens is 262 g/mol. The molecule has 1 aromatic carbocycles. The van der Waals surface area contributed by atoms with Gasteiger partial charge in [0.25, 0.3) is 5.91 Å². The molecule has 0 spiro atoms. The molecule has 0 saturated carbocycles. The number of carbonyl (C=O) groups is 1. The Labute approximate surface area is 127 Å². The first-order valence-corrected chi connectivity index (χ1v) is 7.92. The molecule has 4 heteroatoms. The maximum absolute atomic E-state index is 12.7. The van der Waals surface area contributed by atoms with E-state index in [4.69, 9.17) is 5.84 Å². The fourth-order valence-electron chi connectivity index (χ4n) is 3.31. The molecule has 0 unspecified atom stereocenters. The van der Waals surface area contributed by atoms with Crippen LogP contribution < -0.4 is 11.3 Å². The highest BCUT2D eigenvalue weighted by molar-refractivity contribution is 5.96. The topological polar surface area (TPSA) is 58.4 Å². The van der Waals surface area contributed by atoms with E-state index in [1.165, 1.54) is 12.8 Å². The molecule has 2 rings (SSSR count). The Kier molecular flexibility index (Phi) is 4.88. The Hall–Kier alpha value is -1.55. The van der Waals surface area contributed by atoms with Gasteiger partial charge in [-0.1, -0.05) is 26.7 Å². The lowest BCUT2D eigenvalue weighted by atomic mass is 9.74. The summed E-state index contributed by atoms with van der Waals surface area (Å²) >= 11 is 0. The zero-order valence-corrected chi connectivity index (χ0v) is 13.4. The molecule has 1 amide bonds. The van der Waals surface area contributed by atoms with Crippen LogP contribution in [0.25, 0.3) is 0 Å². The number of nitrogen functional groups attached to an aromatic ring is 1. The van der Waals surface area contributed by atoms with Crippen molar-refractivity contribution in [3.05, 3.63) is 29.3 Å². The van der Waals surface area contributed by atoms with E-state index in [2.05, 4.69) is 19.3 Å². The van der Waals surface area contributed by atoms with Gasteiger partial charge >= 0.3 is 0 Å². The van der Waals surface area contributed by atoms with Crippen molar-refractivity contribution in [2.75, 3.05) is 18.5 Å². The summed E-state index contributed by atoms with van der Waals surface area (Å²) in [6, 6.07) is 5.64. The van der Waals surface area contributed by atoms with Crippen LogP contribution >= 0.6 is 0 Å². The fraction of sp³-hybridized carbons (Fsp3) is 0.588. The predicted molar refractivity (Wildman–Crippen MR) is 87.1 cm³/mol. The van der Waals surface area contributed by atoms with E-state index in [0.717, 1.165) is 42.7 Å². The summed E-state index contributed by atoms with van der Waals surface area (Å²) in [4.78, 5) is 14.7. The Morgan fingerprint density at radius 2 is 1.90 bits per heavy atom. The second kappa shape index (κ2) is 6.48. The quantitative estimate of drug-likeness (QED) is 0.660. The molecule has 21 heavy (non-hydrogen) atoms. The smallest absolute Gasteiger partial charge is 0.254 e. The third kappa shape index (κ3) is 3.21. The molecule has 0 aromatic heterocycles. The lowest BCUT2D eigenvalue weighted by Crippen LogP contribution is -2.43. The minimum Gasteiger partial charge on any atom is -0.339 e. The Morgan fingerprint density at radius 3 is 2.38 bits per heavy atom. The number of nitrogens with zero attached hydrogens (tertiary/aromatic N) is 1. The van der Waals surface area contributed by atoms with Crippen molar-refractivity contribution in [1.29, 1.82) is 0 Å². The van der Waals surface area contributed by atoms with Gasteiger partial charge in [-0.3, -0.25) is 10.6 Å². The Bertz CT molecular complexity index is 499. The SMILES string of the molecule is CCC1(CC)CCN(C(=O)c2ccc(NN)cc2C)CC1. The third-order valence-corrected chi connectivity index (χ3v) is 5.23. The zero-order chi connectivity index (χ0) is 15.5. The van der Waals surface area contributed by atoms with Gasteiger partial charge in [0.2, 0.25) is 0 Å². The number of hydrogen-bond acceptors (Lipinski definition) is 3. The number of piperidine rings is 1. The third-order valence-electron chi connectivity index (χ3n) is 5.23. The van der Waals surface area contributed by atoms with E-state index in [1.807, 2.05) is 30.0 Å². The molecule has 1 aliphatic rings. The maximum Gasteiger partial charge on any atom is 0.254 e. The van der Waals surface area contributed by atoms with Gasteiger partial charge in [0.1, 0.15) is 0 Å². The van der Waals surface area contributed by atoms with Gasteiger partial charge in [0, 0.05) is 24.3 Å². The van der Waals surface area contributed by atoms with Crippen LogP contribution in [0.15, 0.2) is 18.2 Å². The fourth-order valence-corrected chi connectivity index (χ4v) is 3.31. The van der Waals surface area contributed by atoms with Crippen molar-refractivity contribution in [2.45, 2.75) is 46.5 Å². The molecule has 1 saturated heterocycles. The van der Waals surface area contributed by atoms with E-state index in [-0.39, 0.29) is 5.91 Å². The number of amides is 1. The maximum atomic E-state index is 12.7. The molecule has 1 aliphatic heterocycles. The van der Waals surface area contributed by atoms with E-state index in [0.29, 0.717) is 5.41 Å². The predicted octanol–water partition coefficient (Wildman–Crippen LogP) is 3.32. The molecular formula is C17H27N3O. The first-order valence-electron chi connectivity index (χ1n) is 7.92. The summed E-state index contributed by atoms with van der Waals surface area (Å²) < 4.78 is 0. The highest BCUT2D eigenvalue weighted by Crippen LogP contribution is 2.38. The highest BCUT2D eigenvalue weighted by Gasteiger charge is 2.33. The molecule has 0 aliphatic carbocycles. The van der Waals surface area contributed by atoms with Crippen LogP contribution in [0.1, 0.15) is 55.5 Å². The van der Waals surface area contributed by atoms with Gasteiger partial charge in [-0.25, -0.2) is 0 Å². The van der Waals surface area contributed by atoms with Gasteiger partial charge in [-0.05, 0) is 48.9 Å². The first kappa shape index (κ1) is 15.8. The molecule has 0 radical (unpaired) electrons. The number of rotatable bonds is 4. The Morgan fingerprint density at radius 1 is 1.29 bits per heavy atom. The number of nitrogens with two attached hydrogens (primary N) is 1. The van der Waals surface area contributed by atoms with Crippen LogP contribution in [-0.2, 0) is 0 Å². The monoisotopic (exact) mass is 289 g/mol. The lowest BCUT2D eigenvalue weighted by molar-refractivity contribution is 0.0557. The largest absolute Gasteiger partial charge is 0.339 e. The number of carbonyl (C=O) groups excluding carboxylic acids is 1. The van der Waals surface area contributed by atoms with Gasteiger partial charge in [-0.15, -0.1) is 0 Å². The average molecular weight is 289 g/mol. The van der Waals surface area contributed by atoms with Crippen LogP contribution in [0.5, 0.6) is 0 Å². The Balaban J connectivity index is 2.08. The molecule has 0 bridgehead atoms. The zero-order valence-electron chi connectivity index (χ0n) is 13.4. The van der Waals surface area contributed by atoms with Crippen molar-refractivity contribution in [2.24, 2.45) is 11.3 Å². The molecule has 1 heterocycles. The van der Waals surface area contributed by atoms with E-state index in [1.54, 1.807) is 0 Å². The summed E-state index contributed by atoms with van der Waals surface area (Å²) in [6.45, 7) is 8.24. The minimum absolute atomic E-state index is 0.150. The van der Waals surface area contributed by atoms with Gasteiger partial charge in [0.15, 0.2) is 0 Å². The van der Waals surface area contributed by atoms with Crippen molar-refractivity contribution < 1.29 is 4.79 Å². The number of nitrogens with one attached hydrogen (secondary N) is 1. The molecule has 0 atom stereocenters. The number of anilines is 1. The van der Waals surface area contributed by atoms with E-state index < -0.39 is 0 Å². The normalized spacial score (nSPS) is 17.6. The summed E-state index contributed by atoms with van der Waals surface area (Å²) in [5.41, 5.74) is 5.65. The van der Waals surface area contributed by atoms with Crippen LogP contribution in [0, 0.1) is 12.3 Å². The summed E-state index contributed by atoms with van der Waals surface area (Å²) in [6.07, 6.45) is 4.66. The van der Waals surface area contributed by atoms with Crippen molar-refractivity contribution >= 4 is 11.6 Å². The lowest BCUT2D eigenvalue weighted by Gasteiger charge is -2.41. The van der Waals surface area contributed by atoms with E-state index in [9.17, 15) is 4.79 Å². The second-order valence-corrected chi connectivity index (χ2v) is 6.17. The minimum atomic E-state index is 0.150. The molecule has 1 fully saturated rings. The number of hydrogen-bond donors (Lipinski definition) is 2. The first-order chi connectivity index (χ1) is 10.0. The summed E-state index contributed by atoms with van der Waals surface area (Å²) in [5.74, 6) is 5.55. The standard InChI is InChI=1S/C17H27N3O/c1-4-17(5-2)8-10-20(11-9-17)16(21)15-7-6-14(19-18)12-13(15)3/h6-7,12,19H,4-5,8-11,18H2,1-3H3. The molecule has 3 N–H and O–H groups in total. The van der Waals surface area contributed by atoms with Crippen LogP contribution in [-0.4, -0.2) is 23.9 Å². The van der Waals surface area contributed by atoms with Crippen LogP contribution in [0.2, 0.25) is 0 Å². The molecule has 116 valence electrons. The van der Waals surface area contributed by atoms with Gasteiger partial charge in [0.05, 0.1) is 0 Å². The summed E-state index contributed by atoms with van der Waals surface area (Å²) in [7, 11) is 0. The number of likely N-dealkylation sites (tertiary alicyclic amines) is 1. The van der Waals surface area contributed by atoms with Crippen LogP contribution in [0.3, 0.4) is 0 Å². The number of hydrazine groups is 1. The van der Waals surface area contributed by atoms with Crippen molar-refractivity contribution in [3.8, 4) is 0 Å². The van der Waals surface area contributed by atoms with Gasteiger partial charge < -0.3 is 10.3 Å². The molecule has 1 aromatic rings. The van der Waals surface area contributed by atoms with Crippen LogP contribution in [0.4, 0.5) is 5.69 Å².